The summed E-state index contributed by atoms with van der Waals surface area (Å²) < 4.78 is 0. The molecule has 4 aliphatic rings. The van der Waals surface area contributed by atoms with E-state index in [1.54, 1.807) is 13.0 Å². The van der Waals surface area contributed by atoms with E-state index in [0.717, 1.165) is 44.8 Å². The highest BCUT2D eigenvalue weighted by molar-refractivity contribution is 6.18. The van der Waals surface area contributed by atoms with Crippen molar-refractivity contribution in [2.45, 2.75) is 59.3 Å². The van der Waals surface area contributed by atoms with Crippen LogP contribution in [-0.4, -0.2) is 17.9 Å². The molecule has 0 aromatic rings. The summed E-state index contributed by atoms with van der Waals surface area (Å²) in [5, 5.41) is 0. The van der Waals surface area contributed by atoms with E-state index < -0.39 is 0 Å². The summed E-state index contributed by atoms with van der Waals surface area (Å²) in [6.07, 6.45) is 10.9. The average molecular weight is 340 g/mol. The Morgan fingerprint density at radius 1 is 1.16 bits per heavy atom. The smallest absolute Gasteiger partial charge is 0.188 e. The second kappa shape index (κ2) is 5.49. The lowest BCUT2D eigenvalue weighted by Crippen LogP contribution is -2.50. The molecule has 0 aliphatic heterocycles. The maximum Gasteiger partial charge on any atom is 0.188 e. The fraction of sp³-hybridized carbons (Fsp3) is 0.682. The van der Waals surface area contributed by atoms with E-state index in [1.807, 2.05) is 6.08 Å². The zero-order valence-electron chi connectivity index (χ0n) is 15.5. The van der Waals surface area contributed by atoms with Gasteiger partial charge in [0, 0.05) is 11.3 Å². The quantitative estimate of drug-likeness (QED) is 0.562. The van der Waals surface area contributed by atoms with E-state index >= 15 is 0 Å². The van der Waals surface area contributed by atoms with Gasteiger partial charge in [0.1, 0.15) is 5.78 Å². The summed E-state index contributed by atoms with van der Waals surface area (Å²) in [6, 6.07) is 0. The Bertz CT molecular complexity index is 715. The number of allylic oxidation sites excluding steroid dienone is 4. The van der Waals surface area contributed by atoms with Crippen LogP contribution < -0.4 is 0 Å². The molecule has 3 fully saturated rings. The average Bonchev–Trinajstić information content (AvgIpc) is 2.92. The fourth-order valence-electron chi connectivity index (χ4n) is 7.09. The van der Waals surface area contributed by atoms with Gasteiger partial charge in [0.2, 0.25) is 0 Å². The number of hydrogen-bond acceptors (Lipinski definition) is 3. The van der Waals surface area contributed by atoms with E-state index in [2.05, 4.69) is 13.8 Å². The van der Waals surface area contributed by atoms with Crippen molar-refractivity contribution >= 4 is 17.9 Å². The molecular weight excluding hydrogens is 312 g/mol. The van der Waals surface area contributed by atoms with Gasteiger partial charge < -0.3 is 0 Å². The van der Waals surface area contributed by atoms with Crippen molar-refractivity contribution in [3.8, 4) is 0 Å². The lowest BCUT2D eigenvalue weighted by Gasteiger charge is -2.57. The van der Waals surface area contributed by atoms with E-state index in [-0.39, 0.29) is 22.5 Å². The third-order valence-corrected chi connectivity index (χ3v) is 8.31. The number of carbonyl (C=O) groups excluding carboxylic acids is 3. The van der Waals surface area contributed by atoms with Gasteiger partial charge in [0.05, 0.1) is 5.57 Å². The van der Waals surface area contributed by atoms with Gasteiger partial charge in [-0.2, -0.15) is 0 Å². The number of fused-ring (bicyclic) bond motifs is 5. The van der Waals surface area contributed by atoms with Crippen molar-refractivity contribution in [3.63, 3.8) is 0 Å². The summed E-state index contributed by atoms with van der Waals surface area (Å²) in [4.78, 5) is 35.6. The topological polar surface area (TPSA) is 51.2 Å². The third kappa shape index (κ3) is 2.20. The van der Waals surface area contributed by atoms with Crippen molar-refractivity contribution in [3.05, 3.63) is 23.3 Å². The summed E-state index contributed by atoms with van der Waals surface area (Å²) in [7, 11) is 0. The number of carbonyl (C=O) groups is 3. The van der Waals surface area contributed by atoms with Crippen LogP contribution in [0.1, 0.15) is 59.3 Å². The molecule has 134 valence electrons. The van der Waals surface area contributed by atoms with Crippen LogP contribution in [0.3, 0.4) is 0 Å². The molecule has 0 aromatic heterocycles. The second-order valence-corrected chi connectivity index (χ2v) is 9.23. The predicted molar refractivity (Wildman–Crippen MR) is 95.8 cm³/mol. The molecule has 3 saturated carbocycles. The van der Waals surface area contributed by atoms with Crippen molar-refractivity contribution in [1.29, 1.82) is 0 Å². The van der Waals surface area contributed by atoms with Gasteiger partial charge >= 0.3 is 0 Å². The normalized spacial score (nSPS) is 45.6. The minimum Gasteiger partial charge on any atom is -0.300 e. The zero-order chi connectivity index (χ0) is 18.0. The highest BCUT2D eigenvalue weighted by Crippen LogP contribution is 2.66. The Morgan fingerprint density at radius 2 is 1.92 bits per heavy atom. The first kappa shape index (κ1) is 16.9. The summed E-state index contributed by atoms with van der Waals surface area (Å²) in [5.74, 6) is 2.14. The maximum atomic E-state index is 12.2. The van der Waals surface area contributed by atoms with Crippen LogP contribution in [0.4, 0.5) is 0 Å². The van der Waals surface area contributed by atoms with Gasteiger partial charge in [0.25, 0.3) is 0 Å². The van der Waals surface area contributed by atoms with Gasteiger partial charge in [-0.1, -0.05) is 25.5 Å². The van der Waals surface area contributed by atoms with Gasteiger partial charge in [0.15, 0.2) is 12.1 Å². The fourth-order valence-corrected chi connectivity index (χ4v) is 7.09. The first-order valence-electron chi connectivity index (χ1n) is 9.75. The predicted octanol–water partition coefficient (Wildman–Crippen LogP) is 4.07. The molecule has 0 bridgehead atoms. The monoisotopic (exact) mass is 340 g/mol. The molecule has 0 aromatic carbocycles. The zero-order valence-corrected chi connectivity index (χ0v) is 15.5. The second-order valence-electron chi connectivity index (χ2n) is 9.23. The Balaban J connectivity index is 1.71. The molecule has 0 amide bonds. The van der Waals surface area contributed by atoms with Crippen LogP contribution >= 0.6 is 0 Å². The van der Waals surface area contributed by atoms with Crippen molar-refractivity contribution < 1.29 is 14.4 Å². The first-order valence-corrected chi connectivity index (χ1v) is 9.75. The van der Waals surface area contributed by atoms with Gasteiger partial charge in [-0.15, -0.1) is 0 Å². The van der Waals surface area contributed by atoms with Crippen molar-refractivity contribution in [1.82, 2.24) is 0 Å². The van der Waals surface area contributed by atoms with Crippen molar-refractivity contribution in [2.75, 3.05) is 0 Å². The van der Waals surface area contributed by atoms with E-state index in [0.29, 0.717) is 29.1 Å². The molecule has 3 heteroatoms. The molecule has 6 atom stereocenters. The number of hydrogen-bond donors (Lipinski definition) is 0. The number of aldehydes is 1. The Morgan fingerprint density at radius 3 is 2.60 bits per heavy atom. The maximum absolute atomic E-state index is 12.2. The Hall–Kier alpha value is -1.51. The lowest BCUT2D eigenvalue weighted by molar-refractivity contribution is -0.127. The van der Waals surface area contributed by atoms with Crippen LogP contribution in [0.25, 0.3) is 0 Å². The molecule has 0 radical (unpaired) electrons. The molecule has 25 heavy (non-hydrogen) atoms. The molecule has 0 N–H and O–H groups in total. The number of ketones is 2. The van der Waals surface area contributed by atoms with Crippen LogP contribution in [0.15, 0.2) is 23.3 Å². The van der Waals surface area contributed by atoms with Gasteiger partial charge in [-0.25, -0.2) is 0 Å². The summed E-state index contributed by atoms with van der Waals surface area (Å²) in [6.45, 7) is 6.34. The summed E-state index contributed by atoms with van der Waals surface area (Å²) >= 11 is 0. The molecule has 6 unspecified atom stereocenters. The van der Waals surface area contributed by atoms with Crippen LogP contribution in [0.5, 0.6) is 0 Å². The molecule has 0 saturated heterocycles. The Kier molecular flexibility index (Phi) is 3.72. The third-order valence-electron chi connectivity index (χ3n) is 8.31. The van der Waals surface area contributed by atoms with Gasteiger partial charge in [-0.05, 0) is 74.7 Å². The summed E-state index contributed by atoms with van der Waals surface area (Å²) in [5.41, 5.74) is 1.52. The van der Waals surface area contributed by atoms with E-state index in [9.17, 15) is 14.4 Å². The SMILES string of the molecule is CC(=O)C1CCC2C3CCC4=CC(=O)C(C=O)=CC4(C)C3CCC12C. The van der Waals surface area contributed by atoms with Crippen LogP contribution in [0, 0.1) is 34.5 Å². The molecule has 4 rings (SSSR count). The highest BCUT2D eigenvalue weighted by Gasteiger charge is 2.59. The minimum atomic E-state index is -0.164. The molecule has 0 spiro atoms. The Labute approximate surface area is 149 Å². The molecule has 3 nitrogen and oxygen atoms in total. The largest absolute Gasteiger partial charge is 0.300 e. The lowest BCUT2D eigenvalue weighted by atomic mass is 9.47. The highest BCUT2D eigenvalue weighted by atomic mass is 16.1. The van der Waals surface area contributed by atoms with Crippen molar-refractivity contribution in [2.24, 2.45) is 34.5 Å². The minimum absolute atomic E-state index is 0.126. The van der Waals surface area contributed by atoms with Crippen LogP contribution in [0.2, 0.25) is 0 Å². The molecule has 0 heterocycles. The van der Waals surface area contributed by atoms with E-state index in [4.69, 9.17) is 0 Å². The number of Topliss-reactive ketones (excluding diaryl/α,β-unsaturated/α-hetero) is 1. The number of rotatable bonds is 2. The molecular formula is C22H28O3. The molecule has 4 aliphatic carbocycles. The van der Waals surface area contributed by atoms with Crippen LogP contribution in [-0.2, 0) is 14.4 Å². The first-order chi connectivity index (χ1) is 11.8. The van der Waals surface area contributed by atoms with Gasteiger partial charge in [-0.3, -0.25) is 14.4 Å². The standard InChI is InChI=1S/C22H28O3/c1-13(24)17-6-7-18-16-5-4-15-10-20(25)14(12-23)11-22(15,3)19(16)8-9-21(17,18)2/h10-12,16-19H,4-9H2,1-3H3. The van der Waals surface area contributed by atoms with E-state index in [1.165, 1.54) is 5.57 Å².